The van der Waals surface area contributed by atoms with Gasteiger partial charge in [0.25, 0.3) is 0 Å². The Balaban J connectivity index is 1.81. The number of nitrogen functional groups attached to an aromatic ring is 1. The van der Waals surface area contributed by atoms with Crippen molar-refractivity contribution in [3.05, 3.63) is 46.9 Å². The van der Waals surface area contributed by atoms with Crippen molar-refractivity contribution in [2.45, 2.75) is 6.10 Å². The number of nitrogens with one attached hydrogen (secondary N) is 1. The Morgan fingerprint density at radius 3 is 3.00 bits per heavy atom. The van der Waals surface area contributed by atoms with E-state index in [9.17, 15) is 5.11 Å². The Morgan fingerprint density at radius 1 is 1.30 bits per heavy atom. The maximum Gasteiger partial charge on any atom is 0.137 e. The first kappa shape index (κ1) is 12.8. The van der Waals surface area contributed by atoms with Gasteiger partial charge in [0.2, 0.25) is 0 Å². The average Bonchev–Trinajstić information content (AvgIpc) is 2.98. The number of nitrogens with two attached hydrogens (primary N) is 1. The number of aliphatic hydroxyl groups excluding tert-OH is 1. The van der Waals surface area contributed by atoms with Gasteiger partial charge in [-0.1, -0.05) is 0 Å². The SMILES string of the molecule is Nc1ccc2c(NCC(O)c3ccsc3)ncnc2c1. The van der Waals surface area contributed by atoms with E-state index in [1.54, 1.807) is 17.4 Å². The van der Waals surface area contributed by atoms with E-state index < -0.39 is 6.10 Å². The molecule has 20 heavy (non-hydrogen) atoms. The van der Waals surface area contributed by atoms with Gasteiger partial charge in [-0.3, -0.25) is 0 Å². The lowest BCUT2D eigenvalue weighted by Gasteiger charge is -2.12. The monoisotopic (exact) mass is 286 g/mol. The summed E-state index contributed by atoms with van der Waals surface area (Å²) < 4.78 is 0. The number of hydrogen-bond acceptors (Lipinski definition) is 6. The minimum Gasteiger partial charge on any atom is -0.399 e. The van der Waals surface area contributed by atoms with Crippen molar-refractivity contribution in [2.24, 2.45) is 0 Å². The van der Waals surface area contributed by atoms with Crippen LogP contribution >= 0.6 is 11.3 Å². The third kappa shape index (κ3) is 2.56. The number of anilines is 2. The molecule has 1 unspecified atom stereocenters. The van der Waals surface area contributed by atoms with Crippen LogP contribution in [0.1, 0.15) is 11.7 Å². The first-order chi connectivity index (χ1) is 9.74. The molecule has 1 atom stereocenters. The van der Waals surface area contributed by atoms with Crippen molar-refractivity contribution in [3.8, 4) is 0 Å². The number of aliphatic hydroxyl groups is 1. The Morgan fingerprint density at radius 2 is 2.20 bits per heavy atom. The van der Waals surface area contributed by atoms with Crippen LogP contribution in [0, 0.1) is 0 Å². The van der Waals surface area contributed by atoms with Crippen LogP contribution in [0.4, 0.5) is 11.5 Å². The summed E-state index contributed by atoms with van der Waals surface area (Å²) in [5.74, 6) is 0.698. The highest BCUT2D eigenvalue weighted by Gasteiger charge is 2.09. The van der Waals surface area contributed by atoms with Crippen LogP contribution in [0.5, 0.6) is 0 Å². The highest BCUT2D eigenvalue weighted by Crippen LogP contribution is 2.22. The van der Waals surface area contributed by atoms with E-state index in [0.717, 1.165) is 16.5 Å². The maximum absolute atomic E-state index is 10.1. The first-order valence-corrected chi connectivity index (χ1v) is 7.12. The minimum atomic E-state index is -0.556. The van der Waals surface area contributed by atoms with Gasteiger partial charge >= 0.3 is 0 Å². The number of fused-ring (bicyclic) bond motifs is 1. The molecule has 4 N–H and O–H groups in total. The Hall–Kier alpha value is -2.18. The second-order valence-corrected chi connectivity index (χ2v) is 5.23. The van der Waals surface area contributed by atoms with Gasteiger partial charge in [0.05, 0.1) is 11.6 Å². The van der Waals surface area contributed by atoms with E-state index >= 15 is 0 Å². The van der Waals surface area contributed by atoms with Crippen LogP contribution < -0.4 is 11.1 Å². The summed E-state index contributed by atoms with van der Waals surface area (Å²) in [6.45, 7) is 0.396. The van der Waals surface area contributed by atoms with E-state index in [4.69, 9.17) is 5.73 Å². The molecule has 0 radical (unpaired) electrons. The van der Waals surface area contributed by atoms with Crippen LogP contribution in [-0.4, -0.2) is 21.6 Å². The topological polar surface area (TPSA) is 84.1 Å². The Kier molecular flexibility index (Phi) is 3.49. The smallest absolute Gasteiger partial charge is 0.137 e. The van der Waals surface area contributed by atoms with Gasteiger partial charge in [0, 0.05) is 17.6 Å². The van der Waals surface area contributed by atoms with Gasteiger partial charge in [0.15, 0.2) is 0 Å². The lowest BCUT2D eigenvalue weighted by atomic mass is 10.2. The quantitative estimate of drug-likeness (QED) is 0.641. The summed E-state index contributed by atoms with van der Waals surface area (Å²) in [5.41, 5.74) is 8.10. The third-order valence-electron chi connectivity index (χ3n) is 3.05. The maximum atomic E-state index is 10.1. The molecule has 0 saturated heterocycles. The zero-order valence-electron chi connectivity index (χ0n) is 10.7. The van der Waals surface area contributed by atoms with Crippen LogP contribution in [0.2, 0.25) is 0 Å². The number of nitrogens with zero attached hydrogens (tertiary/aromatic N) is 2. The van der Waals surface area contributed by atoms with Gasteiger partial charge < -0.3 is 16.2 Å². The summed E-state index contributed by atoms with van der Waals surface area (Å²) in [6.07, 6.45) is 0.932. The van der Waals surface area contributed by atoms with Crippen molar-refractivity contribution in [2.75, 3.05) is 17.6 Å². The zero-order valence-corrected chi connectivity index (χ0v) is 11.5. The van der Waals surface area contributed by atoms with Crippen molar-refractivity contribution >= 4 is 33.7 Å². The first-order valence-electron chi connectivity index (χ1n) is 6.18. The molecular formula is C14H14N4OS. The second-order valence-electron chi connectivity index (χ2n) is 4.45. The summed E-state index contributed by atoms with van der Waals surface area (Å²) >= 11 is 1.57. The molecule has 0 bridgehead atoms. The fraction of sp³-hybridized carbons (Fsp3) is 0.143. The Bertz CT molecular complexity index is 714. The molecule has 5 nitrogen and oxygen atoms in total. The number of aromatic nitrogens is 2. The van der Waals surface area contributed by atoms with Gasteiger partial charge in [0.1, 0.15) is 12.1 Å². The molecule has 0 aliphatic rings. The highest BCUT2D eigenvalue weighted by molar-refractivity contribution is 7.07. The largest absolute Gasteiger partial charge is 0.399 e. The van der Waals surface area contributed by atoms with Gasteiger partial charge in [-0.15, -0.1) is 0 Å². The zero-order chi connectivity index (χ0) is 13.9. The molecule has 0 aliphatic carbocycles. The molecule has 3 aromatic rings. The fourth-order valence-corrected chi connectivity index (χ4v) is 2.70. The van der Waals surface area contributed by atoms with Crippen LogP contribution in [-0.2, 0) is 0 Å². The molecule has 1 aromatic carbocycles. The summed E-state index contributed by atoms with van der Waals surface area (Å²) in [4.78, 5) is 8.41. The predicted octanol–water partition coefficient (Wildman–Crippen LogP) is 2.42. The van der Waals surface area contributed by atoms with Gasteiger partial charge in [-0.05, 0) is 40.6 Å². The van der Waals surface area contributed by atoms with Crippen LogP contribution in [0.3, 0.4) is 0 Å². The molecular weight excluding hydrogens is 272 g/mol. The third-order valence-corrected chi connectivity index (χ3v) is 3.75. The molecule has 0 spiro atoms. The summed E-state index contributed by atoms with van der Waals surface area (Å²) in [6, 6.07) is 7.41. The second kappa shape index (κ2) is 5.44. The molecule has 0 saturated carbocycles. The molecule has 3 rings (SSSR count). The molecule has 2 aromatic heterocycles. The number of thiophene rings is 1. The molecule has 0 fully saturated rings. The summed E-state index contributed by atoms with van der Waals surface area (Å²) in [7, 11) is 0. The van der Waals surface area contributed by atoms with Crippen LogP contribution in [0.25, 0.3) is 10.9 Å². The van der Waals surface area contributed by atoms with Crippen molar-refractivity contribution in [3.63, 3.8) is 0 Å². The molecule has 6 heteroatoms. The van der Waals surface area contributed by atoms with Crippen molar-refractivity contribution < 1.29 is 5.11 Å². The van der Waals surface area contributed by atoms with Crippen molar-refractivity contribution in [1.29, 1.82) is 0 Å². The standard InChI is InChI=1S/C14H14N4OS/c15-10-1-2-11-12(5-10)17-8-18-14(11)16-6-13(19)9-3-4-20-7-9/h1-5,7-8,13,19H,6,15H2,(H,16,17,18). The van der Waals surface area contributed by atoms with Crippen LogP contribution in [0.15, 0.2) is 41.4 Å². The minimum absolute atomic E-state index is 0.396. The van der Waals surface area contributed by atoms with E-state index in [1.807, 2.05) is 29.0 Å². The average molecular weight is 286 g/mol. The number of hydrogen-bond donors (Lipinski definition) is 3. The highest BCUT2D eigenvalue weighted by atomic mass is 32.1. The molecule has 2 heterocycles. The molecule has 0 aliphatic heterocycles. The molecule has 0 amide bonds. The van der Waals surface area contributed by atoms with Crippen molar-refractivity contribution in [1.82, 2.24) is 9.97 Å². The summed E-state index contributed by atoms with van der Waals surface area (Å²) in [5, 5.41) is 18.0. The number of rotatable bonds is 4. The normalized spacial score (nSPS) is 12.4. The van der Waals surface area contributed by atoms with E-state index in [-0.39, 0.29) is 0 Å². The van der Waals surface area contributed by atoms with E-state index in [2.05, 4.69) is 15.3 Å². The van der Waals surface area contributed by atoms with E-state index in [0.29, 0.717) is 18.1 Å². The van der Waals surface area contributed by atoms with E-state index in [1.165, 1.54) is 6.33 Å². The lowest BCUT2D eigenvalue weighted by molar-refractivity contribution is 0.192. The molecule has 102 valence electrons. The Labute approximate surface area is 120 Å². The fourth-order valence-electron chi connectivity index (χ4n) is 1.99. The number of benzene rings is 1. The van der Waals surface area contributed by atoms with Gasteiger partial charge in [-0.25, -0.2) is 9.97 Å². The van der Waals surface area contributed by atoms with Gasteiger partial charge in [-0.2, -0.15) is 11.3 Å². The lowest BCUT2D eigenvalue weighted by Crippen LogP contribution is -2.12. The predicted molar refractivity (Wildman–Crippen MR) is 81.7 cm³/mol.